The van der Waals surface area contributed by atoms with Gasteiger partial charge in [-0.1, -0.05) is 41.9 Å². The minimum atomic E-state index is -1.66. The topological polar surface area (TPSA) is 53.8 Å². The summed E-state index contributed by atoms with van der Waals surface area (Å²) in [5, 5.41) is -0.481. The van der Waals surface area contributed by atoms with Crippen LogP contribution < -0.4 is 10.5 Å². The Bertz CT molecular complexity index is 1520. The number of anilines is 1. The molecule has 1 saturated heterocycles. The molecule has 2 heterocycles. The second-order valence-corrected chi connectivity index (χ2v) is 8.64. The fraction of sp³-hybridized carbons (Fsp3) is 0.154. The molecule has 0 spiro atoms. The number of amides is 1. The molecule has 0 unspecified atom stereocenters. The van der Waals surface area contributed by atoms with Gasteiger partial charge in [-0.3, -0.25) is 4.79 Å². The van der Waals surface area contributed by atoms with E-state index < -0.39 is 39.6 Å². The molecule has 10 heteroatoms. The van der Waals surface area contributed by atoms with Gasteiger partial charge in [0.15, 0.2) is 23.3 Å². The quantitative estimate of drug-likeness (QED) is 0.153. The molecule has 184 valence electrons. The molecule has 0 radical (unpaired) electrons. The first-order valence-electron chi connectivity index (χ1n) is 10.9. The van der Waals surface area contributed by atoms with Crippen molar-refractivity contribution in [3.63, 3.8) is 0 Å². The van der Waals surface area contributed by atoms with Gasteiger partial charge in [0.05, 0.1) is 5.56 Å². The summed E-state index contributed by atoms with van der Waals surface area (Å²) in [6.45, 7) is 0.0474. The summed E-state index contributed by atoms with van der Waals surface area (Å²) in [5.74, 6) is -6.81. The van der Waals surface area contributed by atoms with Crippen molar-refractivity contribution in [2.24, 2.45) is 0 Å². The van der Waals surface area contributed by atoms with E-state index >= 15 is 0 Å². The van der Waals surface area contributed by atoms with Crippen LogP contribution in [-0.4, -0.2) is 37.0 Å². The van der Waals surface area contributed by atoms with Crippen molar-refractivity contribution in [1.29, 1.82) is 0 Å². The molecule has 0 atom stereocenters. The van der Waals surface area contributed by atoms with E-state index in [1.807, 2.05) is 12.1 Å². The van der Waals surface area contributed by atoms with Gasteiger partial charge in [-0.05, 0) is 29.8 Å². The summed E-state index contributed by atoms with van der Waals surface area (Å²) in [6, 6.07) is 15.2. The summed E-state index contributed by atoms with van der Waals surface area (Å²) < 4.78 is 61.6. The van der Waals surface area contributed by atoms with E-state index in [4.69, 9.17) is 16.0 Å². The average molecular weight is 517 g/mol. The Morgan fingerprint density at radius 2 is 1.44 bits per heavy atom. The SMILES string of the molecule is O=C(c1ccc(-c2cc3ccccc3oc2=O)cc1)N1CCN(c2c(F)c(F)c(Cl)c(F)c2F)CC1. The number of hydrogen-bond donors (Lipinski definition) is 0. The van der Waals surface area contributed by atoms with Crippen LogP contribution >= 0.6 is 11.6 Å². The molecule has 0 N–H and O–H groups in total. The molecule has 4 aromatic rings. The summed E-state index contributed by atoms with van der Waals surface area (Å²) in [6.07, 6.45) is 0. The third-order valence-corrected chi connectivity index (χ3v) is 6.49. The minimum Gasteiger partial charge on any atom is -0.422 e. The highest BCUT2D eigenvalue weighted by molar-refractivity contribution is 6.31. The van der Waals surface area contributed by atoms with E-state index in [1.165, 1.54) is 4.90 Å². The molecule has 1 fully saturated rings. The van der Waals surface area contributed by atoms with E-state index in [9.17, 15) is 27.2 Å². The Morgan fingerprint density at radius 3 is 2.08 bits per heavy atom. The highest BCUT2D eigenvalue weighted by atomic mass is 35.5. The number of carbonyl (C=O) groups excluding carboxylic acids is 1. The normalized spacial score (nSPS) is 13.9. The van der Waals surface area contributed by atoms with Gasteiger partial charge in [0.25, 0.3) is 5.91 Å². The predicted octanol–water partition coefficient (Wildman–Crippen LogP) is 5.63. The minimum absolute atomic E-state index is 0.0453. The Balaban J connectivity index is 1.32. The Morgan fingerprint density at radius 1 is 0.833 bits per heavy atom. The second-order valence-electron chi connectivity index (χ2n) is 8.26. The monoisotopic (exact) mass is 516 g/mol. The lowest BCUT2D eigenvalue weighted by Gasteiger charge is -2.36. The van der Waals surface area contributed by atoms with Gasteiger partial charge in [0.2, 0.25) is 0 Å². The third-order valence-electron chi connectivity index (χ3n) is 6.15. The van der Waals surface area contributed by atoms with Crippen molar-refractivity contribution in [2.45, 2.75) is 0 Å². The molecular formula is C26H17ClF4N2O3. The van der Waals surface area contributed by atoms with Crippen LogP contribution in [0.25, 0.3) is 22.1 Å². The van der Waals surface area contributed by atoms with Gasteiger partial charge >= 0.3 is 5.63 Å². The van der Waals surface area contributed by atoms with E-state index in [0.717, 1.165) is 10.3 Å². The van der Waals surface area contributed by atoms with E-state index in [2.05, 4.69) is 0 Å². The highest BCUT2D eigenvalue weighted by Gasteiger charge is 2.31. The molecular weight excluding hydrogens is 500 g/mol. The number of halogens is 5. The smallest absolute Gasteiger partial charge is 0.344 e. The molecule has 5 rings (SSSR count). The lowest BCUT2D eigenvalue weighted by molar-refractivity contribution is 0.0746. The first kappa shape index (κ1) is 23.9. The second kappa shape index (κ2) is 9.31. The molecule has 3 aromatic carbocycles. The van der Waals surface area contributed by atoms with Crippen LogP contribution in [0.4, 0.5) is 23.2 Å². The molecule has 0 bridgehead atoms. The maximum absolute atomic E-state index is 14.3. The zero-order valence-corrected chi connectivity index (χ0v) is 19.3. The Kier molecular flexibility index (Phi) is 6.17. The first-order chi connectivity index (χ1) is 17.3. The lowest BCUT2D eigenvalue weighted by Crippen LogP contribution is -2.49. The van der Waals surface area contributed by atoms with Crippen LogP contribution in [0.5, 0.6) is 0 Å². The summed E-state index contributed by atoms with van der Waals surface area (Å²) in [5.41, 5.74) is 0.402. The number of para-hydroxylation sites is 1. The molecule has 1 amide bonds. The number of piperazine rings is 1. The van der Waals surface area contributed by atoms with Crippen LogP contribution in [-0.2, 0) is 0 Å². The van der Waals surface area contributed by atoms with Crippen molar-refractivity contribution in [3.05, 3.63) is 98.9 Å². The number of benzene rings is 3. The van der Waals surface area contributed by atoms with Gasteiger partial charge in [-0.25, -0.2) is 22.4 Å². The van der Waals surface area contributed by atoms with E-state index in [0.29, 0.717) is 22.3 Å². The number of fused-ring (bicyclic) bond motifs is 1. The van der Waals surface area contributed by atoms with Crippen molar-refractivity contribution < 1.29 is 26.8 Å². The molecule has 1 aliphatic rings. The maximum Gasteiger partial charge on any atom is 0.344 e. The van der Waals surface area contributed by atoms with E-state index in [1.54, 1.807) is 42.5 Å². The predicted molar refractivity (Wildman–Crippen MR) is 127 cm³/mol. The van der Waals surface area contributed by atoms with Crippen LogP contribution in [0.15, 0.2) is 63.8 Å². The molecule has 0 aliphatic carbocycles. The average Bonchev–Trinajstić information content (AvgIpc) is 2.90. The molecule has 1 aliphatic heterocycles. The number of hydrogen-bond acceptors (Lipinski definition) is 4. The summed E-state index contributed by atoms with van der Waals surface area (Å²) >= 11 is 5.29. The third kappa shape index (κ3) is 4.09. The number of rotatable bonds is 3. The Labute approximate surface area is 207 Å². The zero-order valence-electron chi connectivity index (χ0n) is 18.5. The van der Waals surface area contributed by atoms with Crippen molar-refractivity contribution in [1.82, 2.24) is 4.90 Å². The van der Waals surface area contributed by atoms with Gasteiger partial charge < -0.3 is 14.2 Å². The molecule has 0 saturated carbocycles. The number of carbonyl (C=O) groups is 1. The van der Waals surface area contributed by atoms with Gasteiger partial charge in [0.1, 0.15) is 16.3 Å². The number of nitrogens with zero attached hydrogens (tertiary/aromatic N) is 2. The van der Waals surface area contributed by atoms with E-state index in [-0.39, 0.29) is 32.1 Å². The largest absolute Gasteiger partial charge is 0.422 e. The van der Waals surface area contributed by atoms with Crippen LogP contribution in [0.2, 0.25) is 5.02 Å². The fourth-order valence-electron chi connectivity index (χ4n) is 4.24. The van der Waals surface area contributed by atoms with Crippen molar-refractivity contribution >= 4 is 34.2 Å². The maximum atomic E-state index is 14.3. The van der Waals surface area contributed by atoms with Crippen molar-refractivity contribution in [2.75, 3.05) is 31.1 Å². The van der Waals surface area contributed by atoms with Gasteiger partial charge in [-0.2, -0.15) is 0 Å². The standard InChI is InChI=1S/C26H17ClF4N2O3/c27-19-20(28)22(30)24(23(31)21(19)29)32-9-11-33(12-10-32)25(34)15-7-5-14(6-8-15)17-13-16-3-1-2-4-18(16)36-26(17)35/h1-8,13H,9-12H2. The van der Waals surface area contributed by atoms with Gasteiger partial charge in [0, 0.05) is 37.1 Å². The molecule has 1 aromatic heterocycles. The summed E-state index contributed by atoms with van der Waals surface area (Å²) in [7, 11) is 0. The molecule has 5 nitrogen and oxygen atoms in total. The van der Waals surface area contributed by atoms with Crippen LogP contribution in [0, 0.1) is 23.3 Å². The summed E-state index contributed by atoms with van der Waals surface area (Å²) in [4.78, 5) is 28.0. The molecule has 36 heavy (non-hydrogen) atoms. The van der Waals surface area contributed by atoms with Crippen LogP contribution in [0.1, 0.15) is 10.4 Å². The first-order valence-corrected chi connectivity index (χ1v) is 11.3. The van der Waals surface area contributed by atoms with Gasteiger partial charge in [-0.15, -0.1) is 0 Å². The van der Waals surface area contributed by atoms with Crippen LogP contribution in [0.3, 0.4) is 0 Å². The van der Waals surface area contributed by atoms with Crippen molar-refractivity contribution in [3.8, 4) is 11.1 Å². The Hall–Kier alpha value is -3.85. The lowest BCUT2D eigenvalue weighted by atomic mass is 10.0. The fourth-order valence-corrected chi connectivity index (χ4v) is 4.41. The zero-order chi connectivity index (χ0) is 25.6. The highest BCUT2D eigenvalue weighted by Crippen LogP contribution is 2.34.